The zero-order valence-corrected chi connectivity index (χ0v) is 24.5. The molecule has 5 rings (SSSR count). The second kappa shape index (κ2) is 11.1. The quantitative estimate of drug-likeness (QED) is 0.279. The number of nitriles is 1. The first-order chi connectivity index (χ1) is 19.2. The van der Waals surface area contributed by atoms with Crippen LogP contribution in [0.15, 0.2) is 84.5 Å². The van der Waals surface area contributed by atoms with Crippen molar-refractivity contribution in [3.05, 3.63) is 107 Å². The van der Waals surface area contributed by atoms with Crippen molar-refractivity contribution in [1.29, 1.82) is 5.26 Å². The SMILES string of the molecule is COc1ccc(Br)cc1[C@@H]1C(C(=O)OC(C)C)=C(C)N=c2s/c(=C\c3ccc(-c4ccccc4C#N)o3)c(=O)n21. The van der Waals surface area contributed by atoms with Crippen LogP contribution in [0.1, 0.15) is 43.7 Å². The molecule has 0 amide bonds. The van der Waals surface area contributed by atoms with Crippen molar-refractivity contribution in [2.24, 2.45) is 4.99 Å². The van der Waals surface area contributed by atoms with Crippen molar-refractivity contribution in [3.63, 3.8) is 0 Å². The van der Waals surface area contributed by atoms with E-state index in [-0.39, 0.29) is 17.2 Å². The number of halogens is 1. The normalized spacial score (nSPS) is 15.0. The van der Waals surface area contributed by atoms with Crippen LogP contribution in [0.4, 0.5) is 0 Å². The zero-order chi connectivity index (χ0) is 28.6. The number of nitrogens with zero attached hydrogens (tertiary/aromatic N) is 3. The summed E-state index contributed by atoms with van der Waals surface area (Å²) in [5, 5.41) is 9.45. The second-order valence-corrected chi connectivity index (χ2v) is 11.2. The van der Waals surface area contributed by atoms with E-state index in [1.807, 2.05) is 18.2 Å². The lowest BCUT2D eigenvalue weighted by Crippen LogP contribution is -2.40. The Labute approximate surface area is 242 Å². The number of aromatic nitrogens is 1. The lowest BCUT2D eigenvalue weighted by molar-refractivity contribution is -0.143. The van der Waals surface area contributed by atoms with Crippen molar-refractivity contribution in [2.45, 2.75) is 32.9 Å². The fraction of sp³-hybridized carbons (Fsp3) is 0.200. The highest BCUT2D eigenvalue weighted by molar-refractivity contribution is 9.10. The first kappa shape index (κ1) is 27.4. The van der Waals surface area contributed by atoms with Crippen LogP contribution in [0, 0.1) is 11.3 Å². The van der Waals surface area contributed by atoms with Gasteiger partial charge in [-0.1, -0.05) is 39.4 Å². The minimum absolute atomic E-state index is 0.262. The van der Waals surface area contributed by atoms with Crippen LogP contribution in [0.5, 0.6) is 5.75 Å². The molecule has 10 heteroatoms. The van der Waals surface area contributed by atoms with Gasteiger partial charge in [0.2, 0.25) is 0 Å². The molecule has 0 spiro atoms. The highest BCUT2D eigenvalue weighted by Gasteiger charge is 2.35. The Balaban J connectivity index is 1.69. The van der Waals surface area contributed by atoms with Crippen molar-refractivity contribution >= 4 is 39.3 Å². The molecule has 8 nitrogen and oxygen atoms in total. The average molecular weight is 619 g/mol. The van der Waals surface area contributed by atoms with E-state index in [1.54, 1.807) is 63.2 Å². The monoisotopic (exact) mass is 617 g/mol. The fourth-order valence-electron chi connectivity index (χ4n) is 4.57. The molecule has 0 N–H and O–H groups in total. The van der Waals surface area contributed by atoms with E-state index >= 15 is 0 Å². The van der Waals surface area contributed by atoms with Crippen LogP contribution >= 0.6 is 27.3 Å². The number of hydrogen-bond donors (Lipinski definition) is 0. The van der Waals surface area contributed by atoms with E-state index < -0.39 is 12.0 Å². The van der Waals surface area contributed by atoms with E-state index in [0.717, 1.165) is 4.47 Å². The molecule has 0 radical (unpaired) electrons. The molecule has 1 atom stereocenters. The molecule has 202 valence electrons. The summed E-state index contributed by atoms with van der Waals surface area (Å²) < 4.78 is 19.8. The summed E-state index contributed by atoms with van der Waals surface area (Å²) in [7, 11) is 1.54. The van der Waals surface area contributed by atoms with Gasteiger partial charge in [0.25, 0.3) is 5.56 Å². The van der Waals surface area contributed by atoms with Gasteiger partial charge in [-0.15, -0.1) is 0 Å². The van der Waals surface area contributed by atoms with E-state index in [2.05, 4.69) is 27.0 Å². The first-order valence-electron chi connectivity index (χ1n) is 12.4. The number of ether oxygens (including phenoxy) is 2. The smallest absolute Gasteiger partial charge is 0.338 e. The number of esters is 1. The Hall–Kier alpha value is -4.20. The standard InChI is InChI=1S/C30H24BrN3O5S/c1-16(2)38-29(36)26-17(3)33-30-34(27(26)22-13-19(31)9-11-23(22)37-4)28(35)25(40-30)14-20-10-12-24(39-20)21-8-6-5-7-18(21)15-32/h5-14,16,27H,1-4H3/b25-14-/t27-/m1/s1. The Kier molecular flexibility index (Phi) is 7.61. The summed E-state index contributed by atoms with van der Waals surface area (Å²) in [4.78, 5) is 32.3. The average Bonchev–Trinajstić information content (AvgIpc) is 3.51. The van der Waals surface area contributed by atoms with E-state index in [1.165, 1.54) is 23.0 Å². The van der Waals surface area contributed by atoms with Crippen molar-refractivity contribution in [1.82, 2.24) is 4.57 Å². The zero-order valence-electron chi connectivity index (χ0n) is 22.1. The summed E-state index contributed by atoms with van der Waals surface area (Å²) in [5.41, 5.74) is 2.14. The Morgan fingerprint density at radius 1 is 1.23 bits per heavy atom. The van der Waals surface area contributed by atoms with E-state index in [9.17, 15) is 14.9 Å². The Morgan fingerprint density at radius 2 is 2.00 bits per heavy atom. The summed E-state index contributed by atoms with van der Waals surface area (Å²) in [6.07, 6.45) is 1.28. The Bertz CT molecular complexity index is 1890. The molecule has 1 aliphatic rings. The van der Waals surface area contributed by atoms with Gasteiger partial charge in [0.15, 0.2) is 4.80 Å². The van der Waals surface area contributed by atoms with Crippen molar-refractivity contribution in [3.8, 4) is 23.1 Å². The van der Waals surface area contributed by atoms with Crippen LogP contribution in [-0.4, -0.2) is 23.8 Å². The van der Waals surface area contributed by atoms with Crippen LogP contribution in [-0.2, 0) is 9.53 Å². The van der Waals surface area contributed by atoms with E-state index in [0.29, 0.717) is 49.0 Å². The predicted octanol–water partition coefficient (Wildman–Crippen LogP) is 5.09. The summed E-state index contributed by atoms with van der Waals surface area (Å²) >= 11 is 4.70. The van der Waals surface area contributed by atoms with Gasteiger partial charge in [-0.25, -0.2) is 9.79 Å². The number of fused-ring (bicyclic) bond motifs is 1. The largest absolute Gasteiger partial charge is 0.496 e. The maximum Gasteiger partial charge on any atom is 0.338 e. The third-order valence-corrected chi connectivity index (χ3v) is 7.76. The maximum atomic E-state index is 13.9. The molecular formula is C30H24BrN3O5S. The third-order valence-electron chi connectivity index (χ3n) is 6.28. The van der Waals surface area contributed by atoms with Gasteiger partial charge >= 0.3 is 5.97 Å². The number of carbonyl (C=O) groups is 1. The lowest BCUT2D eigenvalue weighted by atomic mass is 9.95. The number of furan rings is 1. The molecule has 0 saturated carbocycles. The maximum absolute atomic E-state index is 13.9. The third kappa shape index (κ3) is 5.06. The minimum atomic E-state index is -0.827. The van der Waals surface area contributed by atoms with Crippen LogP contribution < -0.4 is 19.6 Å². The molecule has 0 fully saturated rings. The number of methoxy groups -OCH3 is 1. The van der Waals surface area contributed by atoms with Crippen LogP contribution in [0.2, 0.25) is 0 Å². The number of allylic oxidation sites excluding steroid dienone is 1. The van der Waals surface area contributed by atoms with Gasteiger partial charge in [-0.05, 0) is 63.2 Å². The topological polar surface area (TPSA) is 107 Å². The van der Waals surface area contributed by atoms with Gasteiger partial charge in [0.05, 0.1) is 40.6 Å². The van der Waals surface area contributed by atoms with Crippen LogP contribution in [0.25, 0.3) is 17.4 Å². The fourth-order valence-corrected chi connectivity index (χ4v) is 5.98. The molecule has 0 aliphatic carbocycles. The molecule has 2 aromatic heterocycles. The van der Waals surface area contributed by atoms with Gasteiger partial charge < -0.3 is 13.9 Å². The number of thiazole rings is 1. The highest BCUT2D eigenvalue weighted by Crippen LogP contribution is 2.37. The lowest BCUT2D eigenvalue weighted by Gasteiger charge is -2.26. The number of carbonyl (C=O) groups excluding carboxylic acids is 1. The van der Waals surface area contributed by atoms with Crippen molar-refractivity contribution in [2.75, 3.05) is 7.11 Å². The number of hydrogen-bond acceptors (Lipinski definition) is 8. The molecule has 0 saturated heterocycles. The Morgan fingerprint density at radius 3 is 2.73 bits per heavy atom. The summed E-state index contributed by atoms with van der Waals surface area (Å²) in [5.74, 6) is 0.922. The van der Waals surface area contributed by atoms with Gasteiger partial charge in [-0.2, -0.15) is 5.26 Å². The highest BCUT2D eigenvalue weighted by atomic mass is 79.9. The van der Waals surface area contributed by atoms with Crippen molar-refractivity contribution < 1.29 is 18.7 Å². The molecule has 3 heterocycles. The molecule has 0 unspecified atom stereocenters. The summed E-state index contributed by atoms with van der Waals surface area (Å²) in [6, 6.07) is 17.4. The number of rotatable bonds is 6. The molecule has 4 aromatic rings. The molecular weight excluding hydrogens is 594 g/mol. The molecule has 1 aliphatic heterocycles. The van der Waals surface area contributed by atoms with Gasteiger partial charge in [-0.3, -0.25) is 9.36 Å². The molecule has 2 aromatic carbocycles. The second-order valence-electron chi connectivity index (χ2n) is 9.28. The number of benzene rings is 2. The summed E-state index contributed by atoms with van der Waals surface area (Å²) in [6.45, 7) is 5.27. The molecule has 0 bridgehead atoms. The molecule has 40 heavy (non-hydrogen) atoms. The van der Waals surface area contributed by atoms with E-state index in [4.69, 9.17) is 13.9 Å². The van der Waals surface area contributed by atoms with Crippen LogP contribution in [0.3, 0.4) is 0 Å². The minimum Gasteiger partial charge on any atom is -0.496 e. The van der Waals surface area contributed by atoms with Gasteiger partial charge in [0.1, 0.15) is 23.3 Å². The van der Waals surface area contributed by atoms with Gasteiger partial charge in [0, 0.05) is 21.7 Å². The predicted molar refractivity (Wildman–Crippen MR) is 155 cm³/mol. The first-order valence-corrected chi connectivity index (χ1v) is 14.0.